The molecule has 1 saturated carbocycles. The predicted molar refractivity (Wildman–Crippen MR) is 60.3 cm³/mol. The van der Waals surface area contributed by atoms with Crippen molar-refractivity contribution in [1.82, 2.24) is 15.2 Å². The Balaban J connectivity index is 2.19. The van der Waals surface area contributed by atoms with Gasteiger partial charge in [0.15, 0.2) is 11.0 Å². The van der Waals surface area contributed by atoms with Gasteiger partial charge in [-0.2, -0.15) is 4.98 Å². The lowest BCUT2D eigenvalue weighted by Crippen LogP contribution is -2.31. The van der Waals surface area contributed by atoms with Gasteiger partial charge in [-0.1, -0.05) is 24.4 Å². The first-order valence-corrected chi connectivity index (χ1v) is 5.69. The lowest BCUT2D eigenvalue weighted by molar-refractivity contribution is 0.530. The van der Waals surface area contributed by atoms with E-state index in [0.29, 0.717) is 5.82 Å². The smallest absolute Gasteiger partial charge is 0.245 e. The van der Waals surface area contributed by atoms with Gasteiger partial charge in [0.1, 0.15) is 0 Å². The Kier molecular flexibility index (Phi) is 2.98. The molecule has 0 amide bonds. The monoisotopic (exact) mass is 246 g/mol. The molecule has 1 fully saturated rings. The van der Waals surface area contributed by atoms with E-state index in [9.17, 15) is 0 Å². The fraction of sp³-hybridized carbons (Fsp3) is 0.667. The number of rotatable bonds is 2. The minimum absolute atomic E-state index is 0.0585. The second-order valence-electron chi connectivity index (χ2n) is 4.11. The molecule has 0 unspecified atom stereocenters. The molecule has 0 aromatic carbocycles. The first-order chi connectivity index (χ1) is 7.09. The first-order valence-electron chi connectivity index (χ1n) is 4.93. The highest BCUT2D eigenvalue weighted by Gasteiger charge is 2.29. The van der Waals surface area contributed by atoms with E-state index >= 15 is 0 Å². The summed E-state index contributed by atoms with van der Waals surface area (Å²) < 4.78 is 0. The van der Waals surface area contributed by atoms with Crippen LogP contribution in [0.25, 0.3) is 0 Å². The molecular formula is C9H12Cl2N4. The summed E-state index contributed by atoms with van der Waals surface area (Å²) in [5, 5.41) is 11.0. The van der Waals surface area contributed by atoms with Crippen LogP contribution in [0.4, 0.5) is 5.82 Å². The van der Waals surface area contributed by atoms with Crippen LogP contribution in [0.15, 0.2) is 0 Å². The molecule has 1 aromatic rings. The van der Waals surface area contributed by atoms with Crippen LogP contribution >= 0.6 is 23.2 Å². The van der Waals surface area contributed by atoms with Crippen LogP contribution in [-0.2, 0) is 0 Å². The summed E-state index contributed by atoms with van der Waals surface area (Å²) in [4.78, 5) is 4.03. The summed E-state index contributed by atoms with van der Waals surface area (Å²) in [7, 11) is 0. The molecule has 1 heterocycles. The van der Waals surface area contributed by atoms with E-state index in [1.807, 2.05) is 0 Å². The normalized spacial score (nSPS) is 19.1. The lowest BCUT2D eigenvalue weighted by Gasteiger charge is -2.25. The van der Waals surface area contributed by atoms with Gasteiger partial charge in [-0.05, 0) is 31.4 Å². The number of hydrogen-bond donors (Lipinski definition) is 1. The van der Waals surface area contributed by atoms with Crippen molar-refractivity contribution < 1.29 is 0 Å². The summed E-state index contributed by atoms with van der Waals surface area (Å²) >= 11 is 11.5. The Hall–Kier alpha value is -0.610. The van der Waals surface area contributed by atoms with E-state index in [4.69, 9.17) is 23.2 Å². The maximum atomic E-state index is 5.88. The number of aromatic nitrogens is 3. The molecule has 0 atom stereocenters. The molecule has 82 valence electrons. The Morgan fingerprint density at radius 2 is 1.87 bits per heavy atom. The van der Waals surface area contributed by atoms with Gasteiger partial charge in [-0.3, -0.25) is 0 Å². The van der Waals surface area contributed by atoms with Crippen molar-refractivity contribution in [2.24, 2.45) is 0 Å². The van der Waals surface area contributed by atoms with E-state index in [1.165, 1.54) is 12.8 Å². The van der Waals surface area contributed by atoms with Gasteiger partial charge in [0.2, 0.25) is 5.28 Å². The third-order valence-corrected chi connectivity index (χ3v) is 3.16. The number of anilines is 1. The van der Waals surface area contributed by atoms with Crippen LogP contribution < -0.4 is 5.32 Å². The van der Waals surface area contributed by atoms with Crippen LogP contribution in [-0.4, -0.2) is 20.7 Å². The molecule has 1 N–H and O–H groups in total. The van der Waals surface area contributed by atoms with Crippen molar-refractivity contribution >= 4 is 29.0 Å². The standard InChI is InChI=1S/C9H12Cl2N4/c1-9(4-2-3-5-9)13-7-6(10)14-15-8(11)12-7/h2-5H2,1H3,(H,12,13,15). The Labute approximate surface area is 98.4 Å². The molecule has 0 spiro atoms. The molecule has 1 aliphatic rings. The first kappa shape index (κ1) is 10.9. The fourth-order valence-electron chi connectivity index (χ4n) is 1.94. The van der Waals surface area contributed by atoms with Gasteiger partial charge < -0.3 is 5.32 Å². The van der Waals surface area contributed by atoms with E-state index in [2.05, 4.69) is 27.4 Å². The van der Waals surface area contributed by atoms with Crippen molar-refractivity contribution in [3.63, 3.8) is 0 Å². The van der Waals surface area contributed by atoms with Crippen molar-refractivity contribution in [2.75, 3.05) is 5.32 Å². The van der Waals surface area contributed by atoms with Gasteiger partial charge in [-0.15, -0.1) is 10.2 Å². The average molecular weight is 247 g/mol. The average Bonchev–Trinajstić information content (AvgIpc) is 2.59. The summed E-state index contributed by atoms with van der Waals surface area (Å²) in [5.74, 6) is 0.529. The maximum absolute atomic E-state index is 5.88. The van der Waals surface area contributed by atoms with Gasteiger partial charge >= 0.3 is 0 Å². The molecule has 0 bridgehead atoms. The third kappa shape index (κ3) is 2.49. The van der Waals surface area contributed by atoms with Gasteiger partial charge in [0, 0.05) is 5.54 Å². The Morgan fingerprint density at radius 1 is 1.20 bits per heavy atom. The highest BCUT2D eigenvalue weighted by atomic mass is 35.5. The highest BCUT2D eigenvalue weighted by Crippen LogP contribution is 2.33. The van der Waals surface area contributed by atoms with Gasteiger partial charge in [0.25, 0.3) is 0 Å². The summed E-state index contributed by atoms with van der Waals surface area (Å²) in [5.41, 5.74) is 0.0585. The molecule has 0 aliphatic heterocycles. The zero-order valence-electron chi connectivity index (χ0n) is 8.43. The molecule has 1 aliphatic carbocycles. The van der Waals surface area contributed by atoms with Gasteiger partial charge in [0.05, 0.1) is 0 Å². The number of nitrogens with zero attached hydrogens (tertiary/aromatic N) is 3. The number of halogens is 2. The van der Waals surface area contributed by atoms with Crippen LogP contribution in [0.1, 0.15) is 32.6 Å². The largest absolute Gasteiger partial charge is 0.362 e. The third-order valence-electron chi connectivity index (χ3n) is 2.75. The second kappa shape index (κ2) is 4.10. The molecule has 15 heavy (non-hydrogen) atoms. The molecular weight excluding hydrogens is 235 g/mol. The van der Waals surface area contributed by atoms with E-state index in [1.54, 1.807) is 0 Å². The molecule has 0 radical (unpaired) electrons. The van der Waals surface area contributed by atoms with Crippen LogP contribution in [0.2, 0.25) is 10.4 Å². The number of hydrogen-bond acceptors (Lipinski definition) is 4. The van der Waals surface area contributed by atoms with E-state index in [-0.39, 0.29) is 16.0 Å². The Bertz CT molecular complexity index is 363. The zero-order chi connectivity index (χ0) is 10.9. The molecule has 4 nitrogen and oxygen atoms in total. The molecule has 2 rings (SSSR count). The molecule has 0 saturated heterocycles. The summed E-state index contributed by atoms with van der Waals surface area (Å²) in [6, 6.07) is 0. The van der Waals surface area contributed by atoms with E-state index < -0.39 is 0 Å². The Morgan fingerprint density at radius 3 is 2.53 bits per heavy atom. The SMILES string of the molecule is CC1(Nc2nc(Cl)nnc2Cl)CCCC1. The zero-order valence-corrected chi connectivity index (χ0v) is 9.94. The van der Waals surface area contributed by atoms with Crippen molar-refractivity contribution in [2.45, 2.75) is 38.1 Å². The van der Waals surface area contributed by atoms with Gasteiger partial charge in [-0.25, -0.2) is 0 Å². The lowest BCUT2D eigenvalue weighted by atomic mass is 10.0. The topological polar surface area (TPSA) is 50.7 Å². The van der Waals surface area contributed by atoms with Crippen LogP contribution in [0.5, 0.6) is 0 Å². The quantitative estimate of drug-likeness (QED) is 0.872. The summed E-state index contributed by atoms with van der Waals surface area (Å²) in [6.07, 6.45) is 4.69. The number of nitrogens with one attached hydrogen (secondary N) is 1. The fourth-order valence-corrected chi connectivity index (χ4v) is 2.19. The maximum Gasteiger partial charge on any atom is 0.245 e. The molecule has 6 heteroatoms. The minimum Gasteiger partial charge on any atom is -0.362 e. The predicted octanol–water partition coefficient (Wildman–Crippen LogP) is 2.92. The van der Waals surface area contributed by atoms with Crippen LogP contribution in [0.3, 0.4) is 0 Å². The summed E-state index contributed by atoms with van der Waals surface area (Å²) in [6.45, 7) is 2.16. The highest BCUT2D eigenvalue weighted by molar-refractivity contribution is 6.32. The molecule has 1 aromatic heterocycles. The van der Waals surface area contributed by atoms with Crippen molar-refractivity contribution in [1.29, 1.82) is 0 Å². The van der Waals surface area contributed by atoms with E-state index in [0.717, 1.165) is 12.8 Å². The second-order valence-corrected chi connectivity index (χ2v) is 4.81. The minimum atomic E-state index is 0.0585. The van der Waals surface area contributed by atoms with Crippen molar-refractivity contribution in [3.8, 4) is 0 Å². The van der Waals surface area contributed by atoms with Crippen LogP contribution in [0, 0.1) is 0 Å². The van der Waals surface area contributed by atoms with Crippen molar-refractivity contribution in [3.05, 3.63) is 10.4 Å².